The number of rotatable bonds is 6. The summed E-state index contributed by atoms with van der Waals surface area (Å²) in [6, 6.07) is 12.3. The average Bonchev–Trinajstić information content (AvgIpc) is 3.16. The van der Waals surface area contributed by atoms with Gasteiger partial charge in [-0.1, -0.05) is 0 Å². The highest BCUT2D eigenvalue weighted by Gasteiger charge is 2.16. The molecule has 2 aromatic carbocycles. The second-order valence-corrected chi connectivity index (χ2v) is 6.99. The van der Waals surface area contributed by atoms with E-state index in [-0.39, 0.29) is 5.91 Å². The van der Waals surface area contributed by atoms with Crippen LogP contribution < -0.4 is 21.3 Å². The molecular weight excluding hydrogens is 340 g/mol. The van der Waals surface area contributed by atoms with Gasteiger partial charge in [-0.3, -0.25) is 9.59 Å². The van der Waals surface area contributed by atoms with E-state index in [9.17, 15) is 9.59 Å². The highest BCUT2D eigenvalue weighted by Crippen LogP contribution is 2.27. The van der Waals surface area contributed by atoms with E-state index in [1.807, 2.05) is 13.0 Å². The normalized spacial score (nSPS) is 14.7. The second kappa shape index (κ2) is 8.12. The fourth-order valence-corrected chi connectivity index (χ4v) is 3.34. The minimum Gasteiger partial charge on any atom is -0.374 e. The molecular formula is C21H26N4O2. The number of hydrogen-bond acceptors (Lipinski definition) is 4. The summed E-state index contributed by atoms with van der Waals surface area (Å²) in [7, 11) is 0. The topological polar surface area (TPSA) is 87.5 Å². The van der Waals surface area contributed by atoms with Crippen molar-refractivity contribution in [1.82, 2.24) is 0 Å². The van der Waals surface area contributed by atoms with Gasteiger partial charge in [0.05, 0.1) is 0 Å². The molecule has 1 heterocycles. The molecule has 4 N–H and O–H groups in total. The molecule has 2 aromatic rings. The van der Waals surface area contributed by atoms with Crippen molar-refractivity contribution >= 4 is 28.9 Å². The summed E-state index contributed by atoms with van der Waals surface area (Å²) in [4.78, 5) is 25.9. The summed E-state index contributed by atoms with van der Waals surface area (Å²) < 4.78 is 0. The van der Waals surface area contributed by atoms with Gasteiger partial charge in [-0.2, -0.15) is 0 Å². The van der Waals surface area contributed by atoms with E-state index >= 15 is 0 Å². The molecule has 142 valence electrons. The molecule has 0 saturated carbocycles. The lowest BCUT2D eigenvalue weighted by atomic mass is 10.1. The standard InChI is InChI=1S/C21H26N4O2/c1-14-13-18(9-10-19(14)25-11-3-4-12-25)23-15(2)21(27)24-17-7-5-16(6-8-17)20(22)26/h5-10,13,15,23H,3-4,11-12H2,1-2H3,(H2,22,26)(H,24,27)/t15-/m1/s1. The molecule has 0 bridgehead atoms. The predicted octanol–water partition coefficient (Wildman–Crippen LogP) is 3.13. The van der Waals surface area contributed by atoms with Gasteiger partial charge in [-0.25, -0.2) is 0 Å². The molecule has 6 heteroatoms. The van der Waals surface area contributed by atoms with Gasteiger partial charge in [0, 0.05) is 35.7 Å². The first-order chi connectivity index (χ1) is 12.9. The van der Waals surface area contributed by atoms with E-state index in [0.717, 1.165) is 18.8 Å². The molecule has 27 heavy (non-hydrogen) atoms. The van der Waals surface area contributed by atoms with E-state index in [2.05, 4.69) is 34.6 Å². The van der Waals surface area contributed by atoms with Gasteiger partial charge in [-0.05, 0) is 74.7 Å². The summed E-state index contributed by atoms with van der Waals surface area (Å²) in [6.45, 7) is 6.14. The minimum absolute atomic E-state index is 0.150. The average molecular weight is 366 g/mol. The van der Waals surface area contributed by atoms with Crippen LogP contribution in [-0.4, -0.2) is 30.9 Å². The van der Waals surface area contributed by atoms with Crippen molar-refractivity contribution in [1.29, 1.82) is 0 Å². The Balaban J connectivity index is 1.60. The predicted molar refractivity (Wildman–Crippen MR) is 109 cm³/mol. The lowest BCUT2D eigenvalue weighted by Gasteiger charge is -2.22. The molecule has 0 aliphatic carbocycles. The number of carbonyl (C=O) groups excluding carboxylic acids is 2. The van der Waals surface area contributed by atoms with Gasteiger partial charge in [0.1, 0.15) is 6.04 Å². The third kappa shape index (κ3) is 4.58. The van der Waals surface area contributed by atoms with Crippen molar-refractivity contribution in [2.75, 3.05) is 28.6 Å². The molecule has 0 spiro atoms. The van der Waals surface area contributed by atoms with Crippen LogP contribution in [0.15, 0.2) is 42.5 Å². The molecule has 3 rings (SSSR count). The number of hydrogen-bond donors (Lipinski definition) is 3. The maximum absolute atomic E-state index is 12.4. The van der Waals surface area contributed by atoms with Crippen LogP contribution in [0.25, 0.3) is 0 Å². The number of benzene rings is 2. The SMILES string of the molecule is Cc1cc(N[C@H](C)C(=O)Nc2ccc(C(N)=O)cc2)ccc1N1CCCC1. The van der Waals surface area contributed by atoms with Crippen LogP contribution in [0.2, 0.25) is 0 Å². The van der Waals surface area contributed by atoms with Crippen LogP contribution in [0.3, 0.4) is 0 Å². The van der Waals surface area contributed by atoms with Gasteiger partial charge >= 0.3 is 0 Å². The van der Waals surface area contributed by atoms with E-state index in [1.54, 1.807) is 24.3 Å². The fourth-order valence-electron chi connectivity index (χ4n) is 3.34. The van der Waals surface area contributed by atoms with Crippen LogP contribution in [-0.2, 0) is 4.79 Å². The Kier molecular flexibility index (Phi) is 5.64. The van der Waals surface area contributed by atoms with Crippen molar-refractivity contribution in [2.24, 2.45) is 5.73 Å². The Morgan fingerprint density at radius 3 is 2.26 bits per heavy atom. The number of amides is 2. The Hall–Kier alpha value is -3.02. The quantitative estimate of drug-likeness (QED) is 0.733. The maximum Gasteiger partial charge on any atom is 0.248 e. The number of nitrogens with two attached hydrogens (primary N) is 1. The summed E-state index contributed by atoms with van der Waals surface area (Å²) in [6.07, 6.45) is 2.49. The molecule has 0 aromatic heterocycles. The molecule has 0 radical (unpaired) electrons. The van der Waals surface area contributed by atoms with Crippen LogP contribution in [0, 0.1) is 6.92 Å². The smallest absolute Gasteiger partial charge is 0.248 e. The van der Waals surface area contributed by atoms with E-state index in [4.69, 9.17) is 5.73 Å². The number of carbonyl (C=O) groups is 2. The molecule has 1 saturated heterocycles. The second-order valence-electron chi connectivity index (χ2n) is 6.99. The van der Waals surface area contributed by atoms with Crippen molar-refractivity contribution in [3.63, 3.8) is 0 Å². The molecule has 2 amide bonds. The lowest BCUT2D eigenvalue weighted by Crippen LogP contribution is -2.32. The van der Waals surface area contributed by atoms with Crippen molar-refractivity contribution in [2.45, 2.75) is 32.7 Å². The van der Waals surface area contributed by atoms with Crippen LogP contribution in [0.5, 0.6) is 0 Å². The number of primary amides is 1. The summed E-state index contributed by atoms with van der Waals surface area (Å²) >= 11 is 0. The molecule has 1 aliphatic rings. The first kappa shape index (κ1) is 18.8. The molecule has 6 nitrogen and oxygen atoms in total. The summed E-state index contributed by atoms with van der Waals surface area (Å²) in [5.74, 6) is -0.640. The Morgan fingerprint density at radius 1 is 1.04 bits per heavy atom. The summed E-state index contributed by atoms with van der Waals surface area (Å²) in [5, 5.41) is 6.08. The van der Waals surface area contributed by atoms with Gasteiger partial charge in [0.15, 0.2) is 0 Å². The summed E-state index contributed by atoms with van der Waals surface area (Å²) in [5.41, 5.74) is 9.65. The van der Waals surface area contributed by atoms with Crippen LogP contribution in [0.4, 0.5) is 17.1 Å². The van der Waals surface area contributed by atoms with Crippen molar-refractivity contribution in [3.05, 3.63) is 53.6 Å². The molecule has 1 fully saturated rings. The fraction of sp³-hybridized carbons (Fsp3) is 0.333. The number of aryl methyl sites for hydroxylation is 1. The largest absolute Gasteiger partial charge is 0.374 e. The zero-order valence-electron chi connectivity index (χ0n) is 15.8. The third-order valence-electron chi connectivity index (χ3n) is 4.86. The van der Waals surface area contributed by atoms with Gasteiger partial charge in [0.25, 0.3) is 0 Å². The van der Waals surface area contributed by atoms with Crippen LogP contribution >= 0.6 is 0 Å². The number of nitrogens with zero attached hydrogens (tertiary/aromatic N) is 1. The van der Waals surface area contributed by atoms with Crippen molar-refractivity contribution in [3.8, 4) is 0 Å². The minimum atomic E-state index is -0.490. The maximum atomic E-state index is 12.4. The molecule has 1 aliphatic heterocycles. The number of anilines is 3. The lowest BCUT2D eigenvalue weighted by molar-refractivity contribution is -0.116. The van der Waals surface area contributed by atoms with Crippen molar-refractivity contribution < 1.29 is 9.59 Å². The number of nitrogens with one attached hydrogen (secondary N) is 2. The first-order valence-corrected chi connectivity index (χ1v) is 9.27. The van der Waals surface area contributed by atoms with Gasteiger partial charge in [-0.15, -0.1) is 0 Å². The Morgan fingerprint density at radius 2 is 1.67 bits per heavy atom. The Bertz CT molecular complexity index is 827. The third-order valence-corrected chi connectivity index (χ3v) is 4.86. The molecule has 1 atom stereocenters. The van der Waals surface area contributed by atoms with E-state index < -0.39 is 11.9 Å². The van der Waals surface area contributed by atoms with Gasteiger partial charge in [0.2, 0.25) is 11.8 Å². The van der Waals surface area contributed by atoms with E-state index in [1.165, 1.54) is 24.1 Å². The highest BCUT2D eigenvalue weighted by atomic mass is 16.2. The molecule has 0 unspecified atom stereocenters. The van der Waals surface area contributed by atoms with Gasteiger partial charge < -0.3 is 21.3 Å². The zero-order chi connectivity index (χ0) is 19.4. The highest BCUT2D eigenvalue weighted by molar-refractivity contribution is 5.97. The first-order valence-electron chi connectivity index (χ1n) is 9.27. The van der Waals surface area contributed by atoms with Crippen LogP contribution in [0.1, 0.15) is 35.7 Å². The monoisotopic (exact) mass is 366 g/mol. The van der Waals surface area contributed by atoms with E-state index in [0.29, 0.717) is 11.3 Å². The Labute approximate surface area is 159 Å². The zero-order valence-corrected chi connectivity index (χ0v) is 15.8.